The van der Waals surface area contributed by atoms with E-state index in [1.807, 2.05) is 26.1 Å². The average Bonchev–Trinajstić information content (AvgIpc) is 2.81. The molecule has 1 unspecified atom stereocenters. The van der Waals surface area contributed by atoms with Gasteiger partial charge in [0.25, 0.3) is 0 Å². The topological polar surface area (TPSA) is 78.0 Å². The Bertz CT molecular complexity index is 552. The number of hydrazine groups is 1. The fourth-order valence-electron chi connectivity index (χ4n) is 2.08. The molecule has 6 nitrogen and oxygen atoms in total. The van der Waals surface area contributed by atoms with E-state index in [4.69, 9.17) is 10.6 Å². The number of hydrogen-bond acceptors (Lipinski definition) is 5. The van der Waals surface area contributed by atoms with E-state index >= 15 is 0 Å². The van der Waals surface area contributed by atoms with Gasteiger partial charge in [0.2, 0.25) is 0 Å². The van der Waals surface area contributed by atoms with Crippen LogP contribution in [0.3, 0.4) is 0 Å². The second kappa shape index (κ2) is 5.81. The predicted molar refractivity (Wildman–Crippen MR) is 72.5 cm³/mol. The molecule has 0 fully saturated rings. The number of aromatic nitrogens is 3. The lowest BCUT2D eigenvalue weighted by molar-refractivity contribution is 0.411. The van der Waals surface area contributed by atoms with Crippen molar-refractivity contribution in [3.63, 3.8) is 0 Å². The Hall–Kier alpha value is -1.92. The molecule has 3 N–H and O–H groups in total. The molecular weight excluding hydrogens is 242 g/mol. The SMILES string of the molecule is COc1ccc(C(Cc2ncnn2C)NN)cc1C. The maximum atomic E-state index is 5.65. The fraction of sp³-hybridized carbons (Fsp3) is 0.385. The minimum Gasteiger partial charge on any atom is -0.496 e. The highest BCUT2D eigenvalue weighted by Crippen LogP contribution is 2.23. The van der Waals surface area contributed by atoms with Gasteiger partial charge in [0.1, 0.15) is 17.9 Å². The number of nitrogens with zero attached hydrogens (tertiary/aromatic N) is 3. The van der Waals surface area contributed by atoms with Gasteiger partial charge in [-0.05, 0) is 24.1 Å². The number of rotatable bonds is 5. The Morgan fingerprint density at radius 3 is 2.79 bits per heavy atom. The van der Waals surface area contributed by atoms with Crippen molar-refractivity contribution < 1.29 is 4.74 Å². The minimum atomic E-state index is -0.00694. The van der Waals surface area contributed by atoms with E-state index in [-0.39, 0.29) is 6.04 Å². The number of benzene rings is 1. The maximum absolute atomic E-state index is 5.65. The first kappa shape index (κ1) is 13.5. The molecule has 6 heteroatoms. The summed E-state index contributed by atoms with van der Waals surface area (Å²) in [6, 6.07) is 6.02. The summed E-state index contributed by atoms with van der Waals surface area (Å²) < 4.78 is 7.01. The molecule has 0 saturated heterocycles. The van der Waals surface area contributed by atoms with Crippen LogP contribution in [-0.4, -0.2) is 21.9 Å². The Labute approximate surface area is 112 Å². The van der Waals surface area contributed by atoms with Crippen LogP contribution in [0.2, 0.25) is 0 Å². The monoisotopic (exact) mass is 261 g/mol. The second-order valence-electron chi connectivity index (χ2n) is 4.45. The molecule has 2 aromatic rings. The highest BCUT2D eigenvalue weighted by atomic mass is 16.5. The first-order chi connectivity index (χ1) is 9.15. The summed E-state index contributed by atoms with van der Waals surface area (Å²) in [5.74, 6) is 7.41. The lowest BCUT2D eigenvalue weighted by Gasteiger charge is -2.17. The van der Waals surface area contributed by atoms with Crippen molar-refractivity contribution in [3.8, 4) is 5.75 Å². The molecule has 0 bridgehead atoms. The number of ether oxygens (including phenoxy) is 1. The smallest absolute Gasteiger partial charge is 0.138 e. The van der Waals surface area contributed by atoms with Gasteiger partial charge in [0.05, 0.1) is 13.2 Å². The highest BCUT2D eigenvalue weighted by Gasteiger charge is 2.14. The van der Waals surface area contributed by atoms with Crippen LogP contribution in [0, 0.1) is 6.92 Å². The second-order valence-corrected chi connectivity index (χ2v) is 4.45. The van der Waals surface area contributed by atoms with E-state index < -0.39 is 0 Å². The lowest BCUT2D eigenvalue weighted by Crippen LogP contribution is -2.30. The van der Waals surface area contributed by atoms with Crippen molar-refractivity contribution in [1.82, 2.24) is 20.2 Å². The van der Waals surface area contributed by atoms with Gasteiger partial charge in [-0.15, -0.1) is 0 Å². The summed E-state index contributed by atoms with van der Waals surface area (Å²) in [4.78, 5) is 4.22. The van der Waals surface area contributed by atoms with Crippen molar-refractivity contribution in [3.05, 3.63) is 41.5 Å². The summed E-state index contributed by atoms with van der Waals surface area (Å²) in [5.41, 5.74) is 5.01. The average molecular weight is 261 g/mol. The molecule has 1 aromatic heterocycles. The third-order valence-corrected chi connectivity index (χ3v) is 3.21. The summed E-state index contributed by atoms with van der Waals surface area (Å²) >= 11 is 0. The molecule has 1 heterocycles. The van der Waals surface area contributed by atoms with Crippen LogP contribution in [0.4, 0.5) is 0 Å². The zero-order valence-electron chi connectivity index (χ0n) is 11.4. The molecule has 1 atom stereocenters. The summed E-state index contributed by atoms with van der Waals surface area (Å²) in [7, 11) is 3.54. The molecular formula is C13H19N5O. The van der Waals surface area contributed by atoms with E-state index in [1.54, 1.807) is 18.1 Å². The zero-order valence-corrected chi connectivity index (χ0v) is 11.4. The van der Waals surface area contributed by atoms with Crippen molar-refractivity contribution in [2.24, 2.45) is 12.9 Å². The zero-order chi connectivity index (χ0) is 13.8. The van der Waals surface area contributed by atoms with Gasteiger partial charge in [-0.3, -0.25) is 16.0 Å². The molecule has 0 aliphatic carbocycles. The van der Waals surface area contributed by atoms with E-state index in [2.05, 4.69) is 21.6 Å². The molecule has 0 aliphatic heterocycles. The Morgan fingerprint density at radius 2 is 2.26 bits per heavy atom. The molecule has 2 rings (SSSR count). The Kier molecular flexibility index (Phi) is 4.13. The van der Waals surface area contributed by atoms with Gasteiger partial charge in [-0.2, -0.15) is 5.10 Å². The predicted octanol–water partition coefficient (Wildman–Crippen LogP) is 0.879. The van der Waals surface area contributed by atoms with Crippen molar-refractivity contribution in [2.45, 2.75) is 19.4 Å². The van der Waals surface area contributed by atoms with Crippen LogP contribution in [0.15, 0.2) is 24.5 Å². The van der Waals surface area contributed by atoms with E-state index in [1.165, 1.54) is 0 Å². The molecule has 0 amide bonds. The molecule has 19 heavy (non-hydrogen) atoms. The number of hydrogen-bond donors (Lipinski definition) is 2. The molecule has 0 aliphatic rings. The van der Waals surface area contributed by atoms with Crippen LogP contribution in [0.5, 0.6) is 5.75 Å². The van der Waals surface area contributed by atoms with Gasteiger partial charge in [0, 0.05) is 13.5 Å². The van der Waals surface area contributed by atoms with Crippen molar-refractivity contribution in [1.29, 1.82) is 0 Å². The van der Waals surface area contributed by atoms with Gasteiger partial charge in [-0.25, -0.2) is 4.98 Å². The lowest BCUT2D eigenvalue weighted by atomic mass is 10.0. The van der Waals surface area contributed by atoms with E-state index in [0.717, 1.165) is 22.7 Å². The van der Waals surface area contributed by atoms with Gasteiger partial charge < -0.3 is 4.74 Å². The van der Waals surface area contributed by atoms with Crippen LogP contribution in [0.25, 0.3) is 0 Å². The number of nitrogens with one attached hydrogen (secondary N) is 1. The van der Waals surface area contributed by atoms with Gasteiger partial charge >= 0.3 is 0 Å². The van der Waals surface area contributed by atoms with E-state index in [0.29, 0.717) is 6.42 Å². The van der Waals surface area contributed by atoms with Gasteiger partial charge in [0.15, 0.2) is 0 Å². The van der Waals surface area contributed by atoms with Crippen LogP contribution < -0.4 is 16.0 Å². The Morgan fingerprint density at radius 1 is 1.47 bits per heavy atom. The number of nitrogens with two attached hydrogens (primary N) is 1. The van der Waals surface area contributed by atoms with Crippen LogP contribution in [0.1, 0.15) is 23.0 Å². The third-order valence-electron chi connectivity index (χ3n) is 3.21. The third kappa shape index (κ3) is 2.91. The van der Waals surface area contributed by atoms with Crippen molar-refractivity contribution in [2.75, 3.05) is 7.11 Å². The normalized spacial score (nSPS) is 12.4. The fourth-order valence-corrected chi connectivity index (χ4v) is 2.08. The first-order valence-corrected chi connectivity index (χ1v) is 6.09. The van der Waals surface area contributed by atoms with Crippen LogP contribution in [-0.2, 0) is 13.5 Å². The largest absolute Gasteiger partial charge is 0.496 e. The molecule has 102 valence electrons. The molecule has 1 aromatic carbocycles. The first-order valence-electron chi connectivity index (χ1n) is 6.09. The molecule has 0 radical (unpaired) electrons. The molecule has 0 saturated carbocycles. The minimum absolute atomic E-state index is 0.00694. The number of aryl methyl sites for hydroxylation is 2. The summed E-state index contributed by atoms with van der Waals surface area (Å²) in [6.45, 7) is 2.01. The summed E-state index contributed by atoms with van der Waals surface area (Å²) in [6.07, 6.45) is 2.22. The highest BCUT2D eigenvalue weighted by molar-refractivity contribution is 5.37. The quantitative estimate of drug-likeness (QED) is 0.617. The standard InChI is InChI=1S/C13H19N5O/c1-9-6-10(4-5-12(9)19-3)11(17-14)7-13-15-8-16-18(13)2/h4-6,8,11,17H,7,14H2,1-3H3. The Balaban J connectivity index is 2.22. The van der Waals surface area contributed by atoms with Gasteiger partial charge in [-0.1, -0.05) is 12.1 Å². The summed E-state index contributed by atoms with van der Waals surface area (Å²) in [5, 5.41) is 4.06. The van der Waals surface area contributed by atoms with Crippen molar-refractivity contribution >= 4 is 0 Å². The van der Waals surface area contributed by atoms with E-state index in [9.17, 15) is 0 Å². The molecule has 0 spiro atoms. The maximum Gasteiger partial charge on any atom is 0.138 e. The number of methoxy groups -OCH3 is 1. The van der Waals surface area contributed by atoms with Crippen LogP contribution >= 0.6 is 0 Å².